The van der Waals surface area contributed by atoms with Crippen LogP contribution in [0.1, 0.15) is 6.42 Å². The van der Waals surface area contributed by atoms with Gasteiger partial charge >= 0.3 is 0 Å². The van der Waals surface area contributed by atoms with E-state index in [0.29, 0.717) is 13.2 Å². The van der Waals surface area contributed by atoms with Gasteiger partial charge in [-0.25, -0.2) is 8.42 Å². The van der Waals surface area contributed by atoms with E-state index in [0.717, 1.165) is 12.8 Å². The number of nitrogens with one attached hydrogen (secondary N) is 1. The lowest BCUT2D eigenvalue weighted by molar-refractivity contribution is -0.131. The number of Topliss-reactive ketones (excluding diaryl/α,β-unsaturated/α-hetero) is 1. The number of rotatable bonds is 4. The monoisotopic (exact) mass is 221 g/mol. The van der Waals surface area contributed by atoms with Crippen LogP contribution < -0.4 is 5.32 Å². The third kappa shape index (κ3) is 4.17. The van der Waals surface area contributed by atoms with Crippen LogP contribution in [0.5, 0.6) is 0 Å². The van der Waals surface area contributed by atoms with E-state index in [4.69, 9.17) is 4.74 Å². The van der Waals surface area contributed by atoms with Crippen molar-refractivity contribution in [2.24, 2.45) is 0 Å². The van der Waals surface area contributed by atoms with Crippen LogP contribution in [0, 0.1) is 0 Å². The molecule has 0 aliphatic carbocycles. The van der Waals surface area contributed by atoms with Gasteiger partial charge in [-0.2, -0.15) is 0 Å². The molecule has 1 saturated heterocycles. The van der Waals surface area contributed by atoms with Crippen LogP contribution in [-0.4, -0.2) is 52.0 Å². The smallest absolute Gasteiger partial charge is 0.163 e. The molecular weight excluding hydrogens is 206 g/mol. The molecule has 0 spiro atoms. The fourth-order valence-corrected chi connectivity index (χ4v) is 1.79. The van der Waals surface area contributed by atoms with Crippen LogP contribution in [0.3, 0.4) is 0 Å². The Morgan fingerprint density at radius 1 is 1.57 bits per heavy atom. The van der Waals surface area contributed by atoms with Crippen molar-refractivity contribution in [1.82, 2.24) is 5.32 Å². The highest BCUT2D eigenvalue weighted by molar-refractivity contribution is 7.90. The standard InChI is InChI=1S/C8H15NO4S/c1-14(11,12)5-2-7(10)8-6-9-3-4-13-8/h8-9H,2-6H2,1H3. The fraction of sp³-hybridized carbons (Fsp3) is 0.875. The maximum atomic E-state index is 11.4. The lowest BCUT2D eigenvalue weighted by Crippen LogP contribution is -2.43. The predicted molar refractivity (Wildman–Crippen MR) is 51.9 cm³/mol. The number of hydrogen-bond acceptors (Lipinski definition) is 5. The molecule has 1 aliphatic heterocycles. The number of sulfone groups is 1. The molecule has 6 heteroatoms. The summed E-state index contributed by atoms with van der Waals surface area (Å²) in [5.41, 5.74) is 0. The summed E-state index contributed by atoms with van der Waals surface area (Å²) >= 11 is 0. The van der Waals surface area contributed by atoms with Crippen LogP contribution in [0.15, 0.2) is 0 Å². The number of hydrogen-bond donors (Lipinski definition) is 1. The molecular formula is C8H15NO4S. The Bertz CT molecular complexity index is 292. The quantitative estimate of drug-likeness (QED) is 0.658. The average molecular weight is 221 g/mol. The molecule has 1 unspecified atom stereocenters. The molecule has 0 aromatic carbocycles. The summed E-state index contributed by atoms with van der Waals surface area (Å²) in [4.78, 5) is 11.4. The maximum Gasteiger partial charge on any atom is 0.163 e. The third-order valence-electron chi connectivity index (χ3n) is 2.01. The van der Waals surface area contributed by atoms with E-state index in [2.05, 4.69) is 5.32 Å². The normalized spacial score (nSPS) is 23.4. The van der Waals surface area contributed by atoms with Gasteiger partial charge in [-0.05, 0) is 0 Å². The van der Waals surface area contributed by atoms with Gasteiger partial charge < -0.3 is 10.1 Å². The van der Waals surface area contributed by atoms with Crippen LogP contribution in [0.2, 0.25) is 0 Å². The largest absolute Gasteiger partial charge is 0.368 e. The minimum Gasteiger partial charge on any atom is -0.368 e. The molecule has 0 amide bonds. The Morgan fingerprint density at radius 3 is 2.79 bits per heavy atom. The van der Waals surface area contributed by atoms with Crippen molar-refractivity contribution in [2.75, 3.05) is 31.7 Å². The average Bonchev–Trinajstić information content (AvgIpc) is 2.14. The first-order valence-electron chi connectivity index (χ1n) is 4.52. The van der Waals surface area contributed by atoms with Crippen molar-refractivity contribution < 1.29 is 17.9 Å². The first-order valence-corrected chi connectivity index (χ1v) is 6.58. The van der Waals surface area contributed by atoms with Crippen molar-refractivity contribution in [3.8, 4) is 0 Å². The molecule has 14 heavy (non-hydrogen) atoms. The number of carbonyl (C=O) groups is 1. The molecule has 0 radical (unpaired) electrons. The lowest BCUT2D eigenvalue weighted by Gasteiger charge is -2.22. The SMILES string of the molecule is CS(=O)(=O)CCC(=O)C1CNCCO1. The summed E-state index contributed by atoms with van der Waals surface area (Å²) in [6, 6.07) is 0. The van der Waals surface area contributed by atoms with E-state index in [1.165, 1.54) is 0 Å². The zero-order valence-corrected chi connectivity index (χ0v) is 8.97. The van der Waals surface area contributed by atoms with Gasteiger partial charge in [0, 0.05) is 25.8 Å². The highest BCUT2D eigenvalue weighted by Gasteiger charge is 2.22. The van der Waals surface area contributed by atoms with Crippen molar-refractivity contribution >= 4 is 15.6 Å². The zero-order valence-electron chi connectivity index (χ0n) is 8.15. The van der Waals surface area contributed by atoms with Gasteiger partial charge in [-0.1, -0.05) is 0 Å². The molecule has 1 atom stereocenters. The van der Waals surface area contributed by atoms with E-state index >= 15 is 0 Å². The second kappa shape index (κ2) is 4.86. The summed E-state index contributed by atoms with van der Waals surface area (Å²) in [7, 11) is -3.05. The Kier molecular flexibility index (Phi) is 4.03. The van der Waals surface area contributed by atoms with Crippen molar-refractivity contribution in [2.45, 2.75) is 12.5 Å². The lowest BCUT2D eigenvalue weighted by atomic mass is 10.1. The first-order chi connectivity index (χ1) is 6.49. The number of morpholine rings is 1. The Hall–Kier alpha value is -0.460. The van der Waals surface area contributed by atoms with E-state index in [-0.39, 0.29) is 18.0 Å². The summed E-state index contributed by atoms with van der Waals surface area (Å²) in [5.74, 6) is -0.228. The van der Waals surface area contributed by atoms with Crippen LogP contribution >= 0.6 is 0 Å². The molecule has 5 nitrogen and oxygen atoms in total. The number of ether oxygens (including phenoxy) is 1. The molecule has 1 N–H and O–H groups in total. The van der Waals surface area contributed by atoms with Gasteiger partial charge in [0.15, 0.2) is 5.78 Å². The predicted octanol–water partition coefficient (Wildman–Crippen LogP) is -1.02. The van der Waals surface area contributed by atoms with Gasteiger partial charge in [0.05, 0.1) is 12.4 Å². The highest BCUT2D eigenvalue weighted by atomic mass is 32.2. The van der Waals surface area contributed by atoms with Crippen molar-refractivity contribution in [1.29, 1.82) is 0 Å². The molecule has 0 aromatic rings. The number of carbonyl (C=O) groups excluding carboxylic acids is 1. The summed E-state index contributed by atoms with van der Waals surface area (Å²) in [6.45, 7) is 1.74. The van der Waals surface area contributed by atoms with Crippen molar-refractivity contribution in [3.63, 3.8) is 0 Å². The van der Waals surface area contributed by atoms with E-state index < -0.39 is 15.9 Å². The Balaban J connectivity index is 2.34. The molecule has 0 aromatic heterocycles. The minimum atomic E-state index is -3.05. The van der Waals surface area contributed by atoms with Crippen molar-refractivity contribution in [3.05, 3.63) is 0 Å². The molecule has 1 rings (SSSR count). The topological polar surface area (TPSA) is 72.5 Å². The van der Waals surface area contributed by atoms with Gasteiger partial charge in [0.25, 0.3) is 0 Å². The summed E-state index contributed by atoms with van der Waals surface area (Å²) < 4.78 is 26.8. The van der Waals surface area contributed by atoms with Crippen LogP contribution in [0.4, 0.5) is 0 Å². The van der Waals surface area contributed by atoms with E-state index in [1.54, 1.807) is 0 Å². The third-order valence-corrected chi connectivity index (χ3v) is 2.95. The van der Waals surface area contributed by atoms with Crippen LogP contribution in [0.25, 0.3) is 0 Å². The second-order valence-electron chi connectivity index (χ2n) is 3.41. The second-order valence-corrected chi connectivity index (χ2v) is 5.67. The van der Waals surface area contributed by atoms with E-state index in [1.807, 2.05) is 0 Å². The highest BCUT2D eigenvalue weighted by Crippen LogP contribution is 2.02. The van der Waals surface area contributed by atoms with Gasteiger partial charge in [0.1, 0.15) is 15.9 Å². The van der Waals surface area contributed by atoms with Crippen LogP contribution in [-0.2, 0) is 19.4 Å². The minimum absolute atomic E-state index is 0.0468. The summed E-state index contributed by atoms with van der Waals surface area (Å²) in [6.07, 6.45) is 0.705. The molecule has 82 valence electrons. The number of ketones is 1. The molecule has 1 fully saturated rings. The Labute approximate surface area is 83.7 Å². The molecule has 0 bridgehead atoms. The maximum absolute atomic E-state index is 11.4. The molecule has 1 aliphatic rings. The first kappa shape index (κ1) is 11.6. The van der Waals surface area contributed by atoms with Gasteiger partial charge in [-0.15, -0.1) is 0 Å². The summed E-state index contributed by atoms with van der Waals surface area (Å²) in [5, 5.41) is 3.02. The molecule has 0 saturated carbocycles. The fourth-order valence-electron chi connectivity index (χ4n) is 1.22. The molecule has 1 heterocycles. The Morgan fingerprint density at radius 2 is 2.29 bits per heavy atom. The van der Waals surface area contributed by atoms with E-state index in [9.17, 15) is 13.2 Å². The zero-order chi connectivity index (χ0) is 10.6. The van der Waals surface area contributed by atoms with Gasteiger partial charge in [-0.3, -0.25) is 4.79 Å². The van der Waals surface area contributed by atoms with Gasteiger partial charge in [0.2, 0.25) is 0 Å².